The fourth-order valence-corrected chi connectivity index (χ4v) is 4.92. The first-order valence-electron chi connectivity index (χ1n) is 9.65. The SMILES string of the molecule is O=C(OC/C=C/c1ccccc1)[C@@H]1CCCCN1C1=NS(=O)(=O)c2ccccc21. The minimum atomic E-state index is -3.72. The highest BCUT2D eigenvalue weighted by Crippen LogP contribution is 2.30. The predicted octanol–water partition coefficient (Wildman–Crippen LogP) is 3.25. The van der Waals surface area contributed by atoms with Crippen LogP contribution in [0.3, 0.4) is 0 Å². The predicted molar refractivity (Wildman–Crippen MR) is 111 cm³/mol. The summed E-state index contributed by atoms with van der Waals surface area (Å²) in [6.45, 7) is 0.738. The average molecular weight is 410 g/mol. The maximum atomic E-state index is 12.7. The number of benzene rings is 2. The molecule has 0 bridgehead atoms. The highest BCUT2D eigenvalue weighted by Gasteiger charge is 2.38. The highest BCUT2D eigenvalue weighted by atomic mass is 32.2. The first kappa shape index (κ1) is 19.4. The van der Waals surface area contributed by atoms with Gasteiger partial charge in [0.2, 0.25) is 0 Å². The van der Waals surface area contributed by atoms with Crippen LogP contribution in [0.25, 0.3) is 6.08 Å². The van der Waals surface area contributed by atoms with Crippen molar-refractivity contribution in [3.8, 4) is 0 Å². The van der Waals surface area contributed by atoms with Crippen molar-refractivity contribution in [3.05, 3.63) is 71.8 Å². The van der Waals surface area contributed by atoms with Crippen LogP contribution >= 0.6 is 0 Å². The fourth-order valence-electron chi connectivity index (χ4n) is 3.70. The molecule has 29 heavy (non-hydrogen) atoms. The molecule has 6 nitrogen and oxygen atoms in total. The van der Waals surface area contributed by atoms with Crippen LogP contribution in [0.4, 0.5) is 0 Å². The highest BCUT2D eigenvalue weighted by molar-refractivity contribution is 7.90. The molecule has 2 aliphatic heterocycles. The van der Waals surface area contributed by atoms with Gasteiger partial charge in [-0.25, -0.2) is 4.79 Å². The van der Waals surface area contributed by atoms with Gasteiger partial charge in [-0.05, 0) is 43.0 Å². The van der Waals surface area contributed by atoms with Crippen LogP contribution in [0, 0.1) is 0 Å². The summed E-state index contributed by atoms with van der Waals surface area (Å²) in [7, 11) is -3.72. The summed E-state index contributed by atoms with van der Waals surface area (Å²) in [5, 5.41) is 0. The summed E-state index contributed by atoms with van der Waals surface area (Å²) in [4.78, 5) is 14.7. The molecular formula is C22H22N2O4S. The van der Waals surface area contributed by atoms with E-state index in [9.17, 15) is 13.2 Å². The maximum absolute atomic E-state index is 12.7. The van der Waals surface area contributed by atoms with Gasteiger partial charge >= 0.3 is 5.97 Å². The van der Waals surface area contributed by atoms with Gasteiger partial charge in [0.05, 0.1) is 0 Å². The molecule has 1 saturated heterocycles. The summed E-state index contributed by atoms with van der Waals surface area (Å²) >= 11 is 0. The third kappa shape index (κ3) is 4.10. The number of nitrogens with zero attached hydrogens (tertiary/aromatic N) is 2. The molecule has 150 valence electrons. The molecule has 0 saturated carbocycles. The zero-order chi connectivity index (χ0) is 20.3. The zero-order valence-corrected chi connectivity index (χ0v) is 16.7. The Bertz CT molecular complexity index is 1060. The van der Waals surface area contributed by atoms with Gasteiger partial charge in [0.15, 0.2) is 5.84 Å². The van der Waals surface area contributed by atoms with Crippen LogP contribution in [0.2, 0.25) is 0 Å². The number of rotatable bonds is 4. The smallest absolute Gasteiger partial charge is 0.329 e. The summed E-state index contributed by atoms with van der Waals surface area (Å²) in [6.07, 6.45) is 6.07. The van der Waals surface area contributed by atoms with Crippen molar-refractivity contribution in [1.82, 2.24) is 4.90 Å². The summed E-state index contributed by atoms with van der Waals surface area (Å²) in [6, 6.07) is 16.0. The lowest BCUT2D eigenvalue weighted by Crippen LogP contribution is -2.48. The summed E-state index contributed by atoms with van der Waals surface area (Å²) in [5.41, 5.74) is 1.58. The van der Waals surface area contributed by atoms with Crippen LogP contribution in [0.5, 0.6) is 0 Å². The number of likely N-dealkylation sites (tertiary alicyclic amines) is 1. The van der Waals surface area contributed by atoms with Crippen molar-refractivity contribution in [2.45, 2.75) is 30.2 Å². The molecule has 0 aliphatic carbocycles. The van der Waals surface area contributed by atoms with Crippen LogP contribution in [-0.2, 0) is 19.6 Å². The van der Waals surface area contributed by atoms with E-state index in [4.69, 9.17) is 4.74 Å². The monoisotopic (exact) mass is 410 g/mol. The molecular weight excluding hydrogens is 388 g/mol. The standard InChI is InChI=1S/C22H22N2O4S/c25-22(28-16-8-11-17-9-2-1-3-10-17)19-13-6-7-15-24(19)21-18-12-4-5-14-20(18)29(26,27)23-21/h1-5,8-12,14,19H,6-7,13,15-16H2/b11-8+/t19-/m0/s1. The molecule has 0 amide bonds. The Kier molecular flexibility index (Phi) is 5.49. The Labute approximate surface area is 170 Å². The van der Waals surface area contributed by atoms with E-state index in [-0.39, 0.29) is 17.5 Å². The van der Waals surface area contributed by atoms with Gasteiger partial charge in [0.1, 0.15) is 17.5 Å². The number of esters is 1. The molecule has 2 aliphatic rings. The van der Waals surface area contributed by atoms with E-state index in [1.165, 1.54) is 0 Å². The number of fused-ring (bicyclic) bond motifs is 1. The van der Waals surface area contributed by atoms with Crippen molar-refractivity contribution in [2.75, 3.05) is 13.2 Å². The zero-order valence-electron chi connectivity index (χ0n) is 15.9. The van der Waals surface area contributed by atoms with Crippen molar-refractivity contribution in [1.29, 1.82) is 0 Å². The molecule has 2 aromatic rings. The second-order valence-corrected chi connectivity index (χ2v) is 8.61. The molecule has 0 aromatic heterocycles. The average Bonchev–Trinajstić information content (AvgIpc) is 3.03. The summed E-state index contributed by atoms with van der Waals surface area (Å²) in [5.74, 6) is -0.00558. The number of piperidine rings is 1. The van der Waals surface area contributed by atoms with Crippen molar-refractivity contribution in [3.63, 3.8) is 0 Å². The van der Waals surface area contributed by atoms with Gasteiger partial charge < -0.3 is 9.64 Å². The summed E-state index contributed by atoms with van der Waals surface area (Å²) < 4.78 is 34.2. The van der Waals surface area contributed by atoms with Crippen molar-refractivity contribution < 1.29 is 17.9 Å². The molecule has 0 unspecified atom stereocenters. The second-order valence-electron chi connectivity index (χ2n) is 7.03. The molecule has 0 radical (unpaired) electrons. The molecule has 0 N–H and O–H groups in total. The Hall–Kier alpha value is -2.93. The number of hydrogen-bond donors (Lipinski definition) is 0. The van der Waals surface area contributed by atoms with E-state index in [2.05, 4.69) is 4.40 Å². The lowest BCUT2D eigenvalue weighted by Gasteiger charge is -2.35. The number of carbonyl (C=O) groups excluding carboxylic acids is 1. The Morgan fingerprint density at radius 3 is 2.69 bits per heavy atom. The maximum Gasteiger partial charge on any atom is 0.329 e. The molecule has 7 heteroatoms. The number of carbonyl (C=O) groups is 1. The van der Waals surface area contributed by atoms with E-state index in [0.29, 0.717) is 24.4 Å². The number of amidine groups is 1. The quantitative estimate of drug-likeness (QED) is 0.724. The minimum Gasteiger partial charge on any atom is -0.460 e. The van der Waals surface area contributed by atoms with Crippen LogP contribution in [0.1, 0.15) is 30.4 Å². The third-order valence-corrected chi connectivity index (χ3v) is 6.42. The van der Waals surface area contributed by atoms with E-state index in [1.807, 2.05) is 36.4 Å². The molecule has 2 heterocycles. The lowest BCUT2D eigenvalue weighted by molar-refractivity contribution is -0.148. The van der Waals surface area contributed by atoms with Crippen molar-refractivity contribution >= 4 is 27.9 Å². The lowest BCUT2D eigenvalue weighted by atomic mass is 10.0. The third-order valence-electron chi connectivity index (χ3n) is 5.09. The normalized spacial score (nSPS) is 20.3. The van der Waals surface area contributed by atoms with Gasteiger partial charge in [-0.1, -0.05) is 48.5 Å². The Balaban J connectivity index is 1.48. The molecule has 4 rings (SSSR count). The van der Waals surface area contributed by atoms with E-state index < -0.39 is 16.1 Å². The minimum absolute atomic E-state index is 0.166. The van der Waals surface area contributed by atoms with Crippen LogP contribution < -0.4 is 0 Å². The number of sulfonamides is 1. The molecule has 0 spiro atoms. The van der Waals surface area contributed by atoms with E-state index in [0.717, 1.165) is 18.4 Å². The van der Waals surface area contributed by atoms with Crippen molar-refractivity contribution in [2.24, 2.45) is 4.40 Å². The van der Waals surface area contributed by atoms with Crippen LogP contribution in [-0.4, -0.2) is 44.3 Å². The Morgan fingerprint density at radius 1 is 1.10 bits per heavy atom. The van der Waals surface area contributed by atoms with Gasteiger partial charge in [-0.2, -0.15) is 8.42 Å². The first-order valence-corrected chi connectivity index (χ1v) is 11.1. The van der Waals surface area contributed by atoms with E-state index in [1.54, 1.807) is 35.2 Å². The van der Waals surface area contributed by atoms with E-state index >= 15 is 0 Å². The first-order chi connectivity index (χ1) is 14.1. The van der Waals surface area contributed by atoms with Gasteiger partial charge in [-0.15, -0.1) is 4.40 Å². The molecule has 1 fully saturated rings. The fraction of sp³-hybridized carbons (Fsp3) is 0.273. The molecule has 1 atom stereocenters. The van der Waals surface area contributed by atoms with Gasteiger partial charge in [0.25, 0.3) is 10.0 Å². The number of ether oxygens (including phenoxy) is 1. The van der Waals surface area contributed by atoms with Gasteiger partial charge in [0, 0.05) is 12.1 Å². The Morgan fingerprint density at radius 2 is 1.86 bits per heavy atom. The van der Waals surface area contributed by atoms with Crippen LogP contribution in [0.15, 0.2) is 70.0 Å². The number of hydrogen-bond acceptors (Lipinski definition) is 5. The largest absolute Gasteiger partial charge is 0.460 e. The second kappa shape index (κ2) is 8.21. The molecule has 2 aromatic carbocycles. The topological polar surface area (TPSA) is 76.0 Å². The van der Waals surface area contributed by atoms with Gasteiger partial charge in [-0.3, -0.25) is 0 Å².